The van der Waals surface area contributed by atoms with Crippen LogP contribution in [0.4, 0.5) is 4.39 Å². The minimum Gasteiger partial charge on any atom is -0.454 e. The third-order valence-electron chi connectivity index (χ3n) is 2.63. The Hall–Kier alpha value is -1.59. The van der Waals surface area contributed by atoms with Gasteiger partial charge in [-0.1, -0.05) is 6.07 Å². The van der Waals surface area contributed by atoms with Gasteiger partial charge in [0, 0.05) is 12.1 Å². The molecule has 0 radical (unpaired) electrons. The van der Waals surface area contributed by atoms with Crippen LogP contribution in [0.1, 0.15) is 5.56 Å². The lowest BCUT2D eigenvalue weighted by atomic mass is 10.2. The molecule has 0 unspecified atom stereocenters. The molecule has 0 spiro atoms. The molecule has 0 aliphatic rings. The van der Waals surface area contributed by atoms with Crippen molar-refractivity contribution >= 4 is 21.4 Å². The predicted octanol–water partition coefficient (Wildman–Crippen LogP) is 3.76. The van der Waals surface area contributed by atoms with Gasteiger partial charge in [0.1, 0.15) is 5.75 Å². The first-order valence-corrected chi connectivity index (χ1v) is 8.15. The number of hydrogen-bond acceptors (Lipinski definition) is 3. The minimum absolute atomic E-state index is 0.0611. The average Bonchev–Trinajstić information content (AvgIpc) is 2.40. The second kappa shape index (κ2) is 5.81. The largest absolute Gasteiger partial charge is 0.454 e. The van der Waals surface area contributed by atoms with Crippen molar-refractivity contribution in [2.24, 2.45) is 0 Å². The van der Waals surface area contributed by atoms with Crippen LogP contribution in [0.5, 0.6) is 11.5 Å². The van der Waals surface area contributed by atoms with Crippen LogP contribution in [-0.2, 0) is 15.7 Å². The van der Waals surface area contributed by atoms with Crippen LogP contribution in [-0.4, -0.2) is 14.7 Å². The van der Waals surface area contributed by atoms with Crippen molar-refractivity contribution < 1.29 is 17.5 Å². The number of sulfone groups is 1. The fraction of sp³-hybridized carbons (Fsp3) is 0.143. The zero-order chi connectivity index (χ0) is 14.8. The molecule has 0 aliphatic carbocycles. The molecular weight excluding hydrogens is 303 g/mol. The fourth-order valence-corrected chi connectivity index (χ4v) is 2.39. The first-order valence-electron chi connectivity index (χ1n) is 5.72. The van der Waals surface area contributed by atoms with E-state index in [0.717, 1.165) is 6.26 Å². The van der Waals surface area contributed by atoms with Gasteiger partial charge in [-0.05, 0) is 42.0 Å². The van der Waals surface area contributed by atoms with Gasteiger partial charge in [0.25, 0.3) is 0 Å². The summed E-state index contributed by atoms with van der Waals surface area (Å²) < 4.78 is 41.7. The summed E-state index contributed by atoms with van der Waals surface area (Å²) in [5.41, 5.74) is 0.656. The molecule has 0 bridgehead atoms. The first-order chi connectivity index (χ1) is 9.40. The van der Waals surface area contributed by atoms with Gasteiger partial charge in [0.05, 0.1) is 4.90 Å². The van der Waals surface area contributed by atoms with Gasteiger partial charge in [0.2, 0.25) is 0 Å². The molecule has 0 heterocycles. The molecule has 0 saturated carbocycles. The predicted molar refractivity (Wildman–Crippen MR) is 75.6 cm³/mol. The maximum absolute atomic E-state index is 13.7. The van der Waals surface area contributed by atoms with Crippen molar-refractivity contribution in [2.75, 3.05) is 6.26 Å². The quantitative estimate of drug-likeness (QED) is 0.807. The number of ether oxygens (including phenoxy) is 1. The average molecular weight is 315 g/mol. The number of hydrogen-bond donors (Lipinski definition) is 0. The standard InChI is InChI=1S/C14H12ClFO3S/c1-20(17,18)12-5-3-11(4-6-12)19-14-7-2-10(9-15)8-13(14)16/h2-8H,9H2,1H3. The Kier molecular flexibility index (Phi) is 4.30. The number of benzene rings is 2. The highest BCUT2D eigenvalue weighted by molar-refractivity contribution is 7.90. The van der Waals surface area contributed by atoms with Crippen LogP contribution in [0.2, 0.25) is 0 Å². The minimum atomic E-state index is -3.25. The van der Waals surface area contributed by atoms with Crippen LogP contribution in [0, 0.1) is 5.82 Å². The highest BCUT2D eigenvalue weighted by atomic mass is 35.5. The molecule has 2 aromatic carbocycles. The normalized spacial score (nSPS) is 11.3. The summed E-state index contributed by atoms with van der Waals surface area (Å²) in [6.45, 7) is 0. The third kappa shape index (κ3) is 3.49. The fourth-order valence-electron chi connectivity index (χ4n) is 1.59. The van der Waals surface area contributed by atoms with Gasteiger partial charge in [-0.25, -0.2) is 12.8 Å². The number of alkyl halides is 1. The van der Waals surface area contributed by atoms with Crippen LogP contribution in [0.3, 0.4) is 0 Å². The number of halogens is 2. The smallest absolute Gasteiger partial charge is 0.175 e. The van der Waals surface area contributed by atoms with E-state index in [9.17, 15) is 12.8 Å². The second-order valence-electron chi connectivity index (χ2n) is 4.24. The van der Waals surface area contributed by atoms with Gasteiger partial charge < -0.3 is 4.74 Å². The van der Waals surface area contributed by atoms with E-state index in [4.69, 9.17) is 16.3 Å². The van der Waals surface area contributed by atoms with E-state index in [1.165, 1.54) is 36.4 Å². The Labute approximate surface area is 121 Å². The summed E-state index contributed by atoms with van der Waals surface area (Å²) in [6.07, 6.45) is 1.12. The molecular formula is C14H12ClFO3S. The van der Waals surface area contributed by atoms with E-state index in [0.29, 0.717) is 11.3 Å². The van der Waals surface area contributed by atoms with Crippen LogP contribution < -0.4 is 4.74 Å². The Bertz CT molecular complexity index is 712. The Morgan fingerprint density at radius 2 is 1.80 bits per heavy atom. The molecule has 3 nitrogen and oxygen atoms in total. The topological polar surface area (TPSA) is 43.4 Å². The van der Waals surface area contributed by atoms with Crippen molar-refractivity contribution in [1.29, 1.82) is 0 Å². The maximum atomic E-state index is 13.7. The summed E-state index contributed by atoms with van der Waals surface area (Å²) in [4.78, 5) is 0.183. The molecule has 0 N–H and O–H groups in total. The Balaban J connectivity index is 2.22. The molecule has 20 heavy (non-hydrogen) atoms. The van der Waals surface area contributed by atoms with Gasteiger partial charge in [-0.2, -0.15) is 0 Å². The zero-order valence-corrected chi connectivity index (χ0v) is 12.2. The Morgan fingerprint density at radius 3 is 2.30 bits per heavy atom. The van der Waals surface area contributed by atoms with Gasteiger partial charge in [-0.15, -0.1) is 11.6 Å². The van der Waals surface area contributed by atoms with E-state index < -0.39 is 15.7 Å². The molecule has 2 rings (SSSR count). The molecule has 0 saturated heterocycles. The van der Waals surface area contributed by atoms with Gasteiger partial charge >= 0.3 is 0 Å². The lowest BCUT2D eigenvalue weighted by molar-refractivity contribution is 0.441. The SMILES string of the molecule is CS(=O)(=O)c1ccc(Oc2ccc(CCl)cc2F)cc1. The van der Waals surface area contributed by atoms with Crippen molar-refractivity contribution in [3.05, 3.63) is 53.8 Å². The summed E-state index contributed by atoms with van der Waals surface area (Å²) in [7, 11) is -3.25. The maximum Gasteiger partial charge on any atom is 0.175 e. The van der Waals surface area contributed by atoms with Crippen molar-refractivity contribution in [3.8, 4) is 11.5 Å². The van der Waals surface area contributed by atoms with Crippen LogP contribution in [0.25, 0.3) is 0 Å². The molecule has 0 fully saturated rings. The summed E-state index contributed by atoms with van der Waals surface area (Å²) in [6, 6.07) is 10.2. The highest BCUT2D eigenvalue weighted by Crippen LogP contribution is 2.26. The van der Waals surface area contributed by atoms with Crippen molar-refractivity contribution in [2.45, 2.75) is 10.8 Å². The zero-order valence-electron chi connectivity index (χ0n) is 10.6. The summed E-state index contributed by atoms with van der Waals surface area (Å²) in [5, 5.41) is 0. The molecule has 106 valence electrons. The lowest BCUT2D eigenvalue weighted by Gasteiger charge is -2.08. The molecule has 6 heteroatoms. The molecule has 0 amide bonds. The van der Waals surface area contributed by atoms with Crippen LogP contribution >= 0.6 is 11.6 Å². The first kappa shape index (κ1) is 14.8. The Morgan fingerprint density at radius 1 is 1.15 bits per heavy atom. The van der Waals surface area contributed by atoms with E-state index in [-0.39, 0.29) is 16.5 Å². The monoisotopic (exact) mass is 314 g/mol. The lowest BCUT2D eigenvalue weighted by Crippen LogP contribution is -1.96. The van der Waals surface area contributed by atoms with Gasteiger partial charge in [0.15, 0.2) is 21.4 Å². The molecule has 2 aromatic rings. The summed E-state index contributed by atoms with van der Waals surface area (Å²) in [5.74, 6) is 0.122. The van der Waals surface area contributed by atoms with Crippen molar-refractivity contribution in [3.63, 3.8) is 0 Å². The van der Waals surface area contributed by atoms with Crippen molar-refractivity contribution in [1.82, 2.24) is 0 Å². The molecule has 0 atom stereocenters. The molecule has 0 aromatic heterocycles. The van der Waals surface area contributed by atoms with E-state index in [2.05, 4.69) is 0 Å². The van der Waals surface area contributed by atoms with Gasteiger partial charge in [-0.3, -0.25) is 0 Å². The number of rotatable bonds is 4. The van der Waals surface area contributed by atoms with E-state index >= 15 is 0 Å². The summed E-state index contributed by atoms with van der Waals surface area (Å²) >= 11 is 5.61. The van der Waals surface area contributed by atoms with E-state index in [1.54, 1.807) is 6.07 Å². The second-order valence-corrected chi connectivity index (χ2v) is 6.53. The highest BCUT2D eigenvalue weighted by Gasteiger charge is 2.09. The molecule has 0 aliphatic heterocycles. The third-order valence-corrected chi connectivity index (χ3v) is 4.07. The van der Waals surface area contributed by atoms with Crippen LogP contribution in [0.15, 0.2) is 47.4 Å². The van der Waals surface area contributed by atoms with E-state index in [1.807, 2.05) is 0 Å².